The molecule has 12 nitrogen and oxygen atoms in total. The maximum Gasteiger partial charge on any atom is 0.273 e. The highest BCUT2D eigenvalue weighted by Crippen LogP contribution is 2.26. The first-order valence-electron chi connectivity index (χ1n) is 14.6. The fourth-order valence-electron chi connectivity index (χ4n) is 4.94. The van der Waals surface area contributed by atoms with Crippen molar-refractivity contribution in [3.8, 4) is 0 Å². The molecule has 3 atom stereocenters. The summed E-state index contributed by atoms with van der Waals surface area (Å²) in [5.74, 6) is -1.81. The Morgan fingerprint density at radius 2 is 1.71 bits per heavy atom. The SMILES string of the molecule is CC(C)[C@@H]1NC(=O)CN(C(=O)[C@@H](N)c2ccccc2)CCNC(=O)c2coc(n2)[C@H](Cc2ccccc2)NC(=O)c2csc1n2. The molecule has 4 bridgehead atoms. The van der Waals surface area contributed by atoms with Crippen LogP contribution in [0.2, 0.25) is 0 Å². The van der Waals surface area contributed by atoms with Gasteiger partial charge in [0.05, 0.1) is 12.6 Å². The first kappa shape index (κ1) is 31.5. The molecule has 1 aliphatic rings. The number of benzene rings is 2. The molecule has 0 saturated carbocycles. The molecular weight excluding hydrogens is 594 g/mol. The smallest absolute Gasteiger partial charge is 0.273 e. The number of nitrogens with one attached hydrogen (secondary N) is 3. The van der Waals surface area contributed by atoms with Crippen molar-refractivity contribution in [2.24, 2.45) is 11.7 Å². The fraction of sp³-hybridized carbons (Fsp3) is 0.312. The predicted octanol–water partition coefficient (Wildman–Crippen LogP) is 2.93. The third-order valence-corrected chi connectivity index (χ3v) is 8.31. The standard InChI is InChI=1S/C32H35N7O5S/c1-19(2)27-31-37-24(18-45-31)29(42)35-22(15-20-9-5-3-6-10-20)30-36-23(17-44-30)28(41)34-13-14-39(16-25(40)38-27)32(43)26(33)21-11-7-4-8-12-21/h3-12,17-19,22,26-27H,13-16,33H2,1-2H3,(H,34,41)(H,35,42)(H,38,40)/t22-,26-,27-/m0/s1. The van der Waals surface area contributed by atoms with E-state index in [1.807, 2.05) is 50.2 Å². The summed E-state index contributed by atoms with van der Waals surface area (Å²) in [4.78, 5) is 63.5. The molecule has 0 spiro atoms. The second kappa shape index (κ2) is 14.3. The lowest BCUT2D eigenvalue weighted by Gasteiger charge is -2.27. The van der Waals surface area contributed by atoms with Crippen LogP contribution in [0.3, 0.4) is 0 Å². The maximum absolute atomic E-state index is 13.5. The molecule has 13 heteroatoms. The van der Waals surface area contributed by atoms with Gasteiger partial charge >= 0.3 is 0 Å². The number of thiazole rings is 1. The van der Waals surface area contributed by atoms with E-state index in [9.17, 15) is 19.2 Å². The Morgan fingerprint density at radius 1 is 1.00 bits per heavy atom. The quantitative estimate of drug-likeness (QED) is 0.261. The Hall–Kier alpha value is -4.88. The summed E-state index contributed by atoms with van der Waals surface area (Å²) in [6, 6.07) is 16.1. The highest BCUT2D eigenvalue weighted by Gasteiger charge is 2.29. The molecule has 2 aromatic heterocycles. The Balaban J connectivity index is 1.46. The predicted molar refractivity (Wildman–Crippen MR) is 167 cm³/mol. The average Bonchev–Trinajstić information content (AvgIpc) is 3.74. The van der Waals surface area contributed by atoms with Crippen LogP contribution in [0.4, 0.5) is 0 Å². The molecular formula is C32H35N7O5S. The molecule has 4 aromatic rings. The molecule has 0 aliphatic carbocycles. The van der Waals surface area contributed by atoms with Gasteiger partial charge in [0.2, 0.25) is 17.7 Å². The summed E-state index contributed by atoms with van der Waals surface area (Å²) in [6.45, 7) is 3.60. The van der Waals surface area contributed by atoms with Crippen LogP contribution in [-0.4, -0.2) is 58.1 Å². The van der Waals surface area contributed by atoms with E-state index < -0.39 is 41.8 Å². The maximum atomic E-state index is 13.5. The van der Waals surface area contributed by atoms with E-state index in [2.05, 4.69) is 25.9 Å². The number of carbonyl (C=O) groups excluding carboxylic acids is 4. The minimum atomic E-state index is -1.01. The number of hydrogen-bond donors (Lipinski definition) is 4. The van der Waals surface area contributed by atoms with E-state index in [4.69, 9.17) is 10.2 Å². The van der Waals surface area contributed by atoms with Gasteiger partial charge in [-0.2, -0.15) is 0 Å². The summed E-state index contributed by atoms with van der Waals surface area (Å²) >= 11 is 1.25. The zero-order valence-electron chi connectivity index (χ0n) is 24.9. The average molecular weight is 630 g/mol. The molecule has 1 aliphatic heterocycles. The topological polar surface area (TPSA) is 173 Å². The van der Waals surface area contributed by atoms with Gasteiger partial charge < -0.3 is 31.0 Å². The van der Waals surface area contributed by atoms with E-state index in [1.54, 1.807) is 29.6 Å². The van der Waals surface area contributed by atoms with Gasteiger partial charge in [-0.05, 0) is 17.0 Å². The summed E-state index contributed by atoms with van der Waals surface area (Å²) in [6.07, 6.45) is 1.58. The Morgan fingerprint density at radius 3 is 2.42 bits per heavy atom. The normalized spacial score (nSPS) is 18.8. The van der Waals surface area contributed by atoms with Crippen molar-refractivity contribution in [2.45, 2.75) is 38.4 Å². The lowest BCUT2D eigenvalue weighted by atomic mass is 10.0. The zero-order valence-corrected chi connectivity index (χ0v) is 25.8. The number of nitrogens with zero attached hydrogens (tertiary/aromatic N) is 3. The van der Waals surface area contributed by atoms with E-state index in [1.165, 1.54) is 22.5 Å². The number of hydrogen-bond acceptors (Lipinski definition) is 9. The van der Waals surface area contributed by atoms with Gasteiger partial charge in [-0.25, -0.2) is 9.97 Å². The third kappa shape index (κ3) is 7.80. The van der Waals surface area contributed by atoms with Crippen LogP contribution in [0, 0.1) is 5.92 Å². The highest BCUT2D eigenvalue weighted by atomic mass is 32.1. The number of nitrogens with two attached hydrogens (primary N) is 1. The van der Waals surface area contributed by atoms with Crippen molar-refractivity contribution in [1.82, 2.24) is 30.8 Å². The van der Waals surface area contributed by atoms with E-state index >= 15 is 0 Å². The summed E-state index contributed by atoms with van der Waals surface area (Å²) in [7, 11) is 0. The second-order valence-corrected chi connectivity index (χ2v) is 11.9. The molecule has 5 rings (SSSR count). The minimum Gasteiger partial charge on any atom is -0.446 e. The first-order chi connectivity index (χ1) is 21.7. The van der Waals surface area contributed by atoms with Crippen molar-refractivity contribution >= 4 is 35.0 Å². The zero-order chi connectivity index (χ0) is 31.9. The van der Waals surface area contributed by atoms with Crippen LogP contribution in [0.25, 0.3) is 0 Å². The van der Waals surface area contributed by atoms with Gasteiger partial charge in [-0.1, -0.05) is 74.5 Å². The fourth-order valence-corrected chi connectivity index (χ4v) is 5.96. The number of aromatic nitrogens is 2. The number of amides is 4. The Bertz CT molecular complexity index is 1640. The van der Waals surface area contributed by atoms with Gasteiger partial charge in [-0.3, -0.25) is 19.2 Å². The highest BCUT2D eigenvalue weighted by molar-refractivity contribution is 7.09. The molecule has 2 aromatic carbocycles. The van der Waals surface area contributed by atoms with Crippen LogP contribution < -0.4 is 21.7 Å². The Kier molecular flexibility index (Phi) is 10.0. The molecule has 45 heavy (non-hydrogen) atoms. The van der Waals surface area contributed by atoms with Crippen molar-refractivity contribution in [1.29, 1.82) is 0 Å². The second-order valence-electron chi connectivity index (χ2n) is 11.1. The minimum absolute atomic E-state index is 0.00533. The molecule has 0 saturated heterocycles. The molecule has 3 heterocycles. The van der Waals surface area contributed by atoms with E-state index in [0.29, 0.717) is 17.0 Å². The lowest BCUT2D eigenvalue weighted by molar-refractivity contribution is -0.137. The molecule has 0 fully saturated rings. The van der Waals surface area contributed by atoms with Crippen molar-refractivity contribution in [3.63, 3.8) is 0 Å². The largest absolute Gasteiger partial charge is 0.446 e. The van der Waals surface area contributed by atoms with Crippen molar-refractivity contribution in [3.05, 3.63) is 106 Å². The van der Waals surface area contributed by atoms with Crippen molar-refractivity contribution < 1.29 is 23.6 Å². The molecule has 234 valence electrons. The number of rotatable bonds is 5. The number of carbonyl (C=O) groups is 4. The lowest BCUT2D eigenvalue weighted by Crippen LogP contribution is -2.48. The van der Waals surface area contributed by atoms with E-state index in [0.717, 1.165) is 5.56 Å². The monoisotopic (exact) mass is 629 g/mol. The van der Waals surface area contributed by atoms with Gasteiger partial charge in [-0.15, -0.1) is 11.3 Å². The van der Waals surface area contributed by atoms with Crippen molar-refractivity contribution in [2.75, 3.05) is 19.6 Å². The third-order valence-electron chi connectivity index (χ3n) is 7.38. The molecule has 4 amide bonds. The van der Waals surface area contributed by atoms with Crippen LogP contribution in [0.5, 0.6) is 0 Å². The molecule has 0 radical (unpaired) electrons. The van der Waals surface area contributed by atoms with Gasteiger partial charge in [0.1, 0.15) is 29.0 Å². The number of oxazole rings is 1. The number of fused-ring (bicyclic) bond motifs is 4. The molecule has 0 unspecified atom stereocenters. The molecule has 5 N–H and O–H groups in total. The van der Waals surface area contributed by atoms with Crippen LogP contribution in [0.15, 0.2) is 76.7 Å². The van der Waals surface area contributed by atoms with Crippen LogP contribution >= 0.6 is 11.3 Å². The summed E-state index contributed by atoms with van der Waals surface area (Å²) in [5.41, 5.74) is 8.01. The van der Waals surface area contributed by atoms with Crippen LogP contribution in [0.1, 0.15) is 75.0 Å². The summed E-state index contributed by atoms with van der Waals surface area (Å²) in [5, 5.41) is 10.8. The first-order valence-corrected chi connectivity index (χ1v) is 15.5. The van der Waals surface area contributed by atoms with E-state index in [-0.39, 0.29) is 42.8 Å². The summed E-state index contributed by atoms with van der Waals surface area (Å²) < 4.78 is 5.68. The van der Waals surface area contributed by atoms with Crippen LogP contribution in [-0.2, 0) is 16.0 Å². The van der Waals surface area contributed by atoms with Gasteiger partial charge in [0.25, 0.3) is 11.8 Å². The Labute approximate surface area is 264 Å². The van der Waals surface area contributed by atoms with Gasteiger partial charge in [0, 0.05) is 24.9 Å². The van der Waals surface area contributed by atoms with Gasteiger partial charge in [0.15, 0.2) is 5.69 Å².